The molecule has 2 N–H and O–H groups in total. The molecule has 5 nitrogen and oxygen atoms in total. The van der Waals surface area contributed by atoms with E-state index in [4.69, 9.17) is 5.11 Å². The van der Waals surface area contributed by atoms with Gasteiger partial charge in [-0.1, -0.05) is 0 Å². The summed E-state index contributed by atoms with van der Waals surface area (Å²) in [5, 5.41) is 11.4. The number of nitrogens with one attached hydrogen (secondary N) is 1. The highest BCUT2D eigenvalue weighted by atomic mass is 16.4. The summed E-state index contributed by atoms with van der Waals surface area (Å²) in [6.07, 6.45) is 4.78. The number of nitrogens with zero attached hydrogens (tertiary/aromatic N) is 1. The molecule has 1 saturated carbocycles. The van der Waals surface area contributed by atoms with Gasteiger partial charge < -0.3 is 10.4 Å². The molecule has 14 heavy (non-hydrogen) atoms. The van der Waals surface area contributed by atoms with Crippen molar-refractivity contribution < 1.29 is 14.7 Å². The number of amides is 1. The lowest BCUT2D eigenvalue weighted by Gasteiger charge is -2.02. The van der Waals surface area contributed by atoms with Gasteiger partial charge in [-0.15, -0.1) is 0 Å². The van der Waals surface area contributed by atoms with Crippen molar-refractivity contribution in [2.24, 2.45) is 0 Å². The third-order valence-electron chi connectivity index (χ3n) is 2.08. The normalized spacial score (nSPS) is 15.1. The number of carboxylic acid groups (broad SMARTS) is 1. The zero-order chi connectivity index (χ0) is 10.1. The summed E-state index contributed by atoms with van der Waals surface area (Å²) >= 11 is 0. The fourth-order valence-corrected chi connectivity index (χ4v) is 1.13. The number of aromatic nitrogens is 1. The molecule has 0 aliphatic heterocycles. The lowest BCUT2D eigenvalue weighted by molar-refractivity contribution is 0.0697. The smallest absolute Gasteiger partial charge is 0.337 e. The average molecular weight is 194 g/mol. The SMILES string of the molecule is O=C(O)c1ccn(C(=O)NC2CC2)c1. The first-order valence-electron chi connectivity index (χ1n) is 4.39. The van der Waals surface area contributed by atoms with E-state index in [2.05, 4.69) is 5.32 Å². The highest BCUT2D eigenvalue weighted by molar-refractivity contribution is 5.89. The number of rotatable bonds is 2. The molecule has 0 unspecified atom stereocenters. The van der Waals surface area contributed by atoms with E-state index in [1.165, 1.54) is 23.0 Å². The Morgan fingerprint density at radius 1 is 1.50 bits per heavy atom. The van der Waals surface area contributed by atoms with Crippen molar-refractivity contribution in [2.45, 2.75) is 18.9 Å². The standard InChI is InChI=1S/C9H10N2O3/c12-8(13)6-3-4-11(5-6)9(14)10-7-1-2-7/h3-5,7H,1-2H2,(H,10,14)(H,12,13). The Labute approximate surface area is 80.3 Å². The predicted molar refractivity (Wildman–Crippen MR) is 48.3 cm³/mol. The van der Waals surface area contributed by atoms with Crippen LogP contribution in [0.4, 0.5) is 4.79 Å². The first kappa shape index (κ1) is 8.80. The van der Waals surface area contributed by atoms with E-state index in [0.717, 1.165) is 12.8 Å². The third kappa shape index (κ3) is 1.76. The molecule has 2 rings (SSSR count). The lowest BCUT2D eigenvalue weighted by Crippen LogP contribution is -2.29. The summed E-state index contributed by atoms with van der Waals surface area (Å²) in [6, 6.07) is 1.41. The van der Waals surface area contributed by atoms with Crippen LogP contribution in [0.15, 0.2) is 18.5 Å². The minimum atomic E-state index is -1.03. The molecule has 0 radical (unpaired) electrons. The second-order valence-corrected chi connectivity index (χ2v) is 3.34. The van der Waals surface area contributed by atoms with Crippen molar-refractivity contribution in [3.05, 3.63) is 24.0 Å². The van der Waals surface area contributed by atoms with Gasteiger partial charge in [0.15, 0.2) is 0 Å². The third-order valence-corrected chi connectivity index (χ3v) is 2.08. The van der Waals surface area contributed by atoms with Gasteiger partial charge in [-0.25, -0.2) is 9.59 Å². The van der Waals surface area contributed by atoms with Crippen LogP contribution in [0.3, 0.4) is 0 Å². The lowest BCUT2D eigenvalue weighted by atomic mass is 10.4. The summed E-state index contributed by atoms with van der Waals surface area (Å²) < 4.78 is 1.25. The van der Waals surface area contributed by atoms with Crippen molar-refractivity contribution in [1.82, 2.24) is 9.88 Å². The van der Waals surface area contributed by atoms with Crippen LogP contribution in [0.5, 0.6) is 0 Å². The Morgan fingerprint density at radius 2 is 2.21 bits per heavy atom. The summed E-state index contributed by atoms with van der Waals surface area (Å²) in [5.74, 6) is -1.03. The van der Waals surface area contributed by atoms with Crippen molar-refractivity contribution in [1.29, 1.82) is 0 Å². The molecule has 1 aromatic heterocycles. The maximum atomic E-state index is 11.4. The van der Waals surface area contributed by atoms with Crippen molar-refractivity contribution in [3.63, 3.8) is 0 Å². The van der Waals surface area contributed by atoms with E-state index >= 15 is 0 Å². The van der Waals surface area contributed by atoms with E-state index in [1.807, 2.05) is 0 Å². The summed E-state index contributed by atoms with van der Waals surface area (Å²) in [5.41, 5.74) is 0.121. The Hall–Kier alpha value is -1.78. The van der Waals surface area contributed by atoms with Gasteiger partial charge in [-0.05, 0) is 18.9 Å². The van der Waals surface area contributed by atoms with Crippen LogP contribution >= 0.6 is 0 Å². The van der Waals surface area contributed by atoms with Crippen molar-refractivity contribution >= 4 is 12.0 Å². The first-order valence-corrected chi connectivity index (χ1v) is 4.39. The second-order valence-electron chi connectivity index (χ2n) is 3.34. The molecular formula is C9H10N2O3. The fourth-order valence-electron chi connectivity index (χ4n) is 1.13. The summed E-state index contributed by atoms with van der Waals surface area (Å²) in [6.45, 7) is 0. The Kier molecular flexibility index (Phi) is 1.99. The van der Waals surface area contributed by atoms with Crippen molar-refractivity contribution in [2.75, 3.05) is 0 Å². The number of carboxylic acids is 1. The molecule has 5 heteroatoms. The van der Waals surface area contributed by atoms with Gasteiger partial charge in [0, 0.05) is 18.4 Å². The molecule has 0 aromatic carbocycles. The molecule has 1 amide bonds. The maximum absolute atomic E-state index is 11.4. The molecule has 1 fully saturated rings. The summed E-state index contributed by atoms with van der Waals surface area (Å²) in [4.78, 5) is 21.9. The first-order chi connectivity index (χ1) is 6.66. The van der Waals surface area contributed by atoms with Gasteiger partial charge in [-0.3, -0.25) is 4.57 Å². The van der Waals surface area contributed by atoms with E-state index in [0.29, 0.717) is 0 Å². The van der Waals surface area contributed by atoms with Crippen LogP contribution in [-0.2, 0) is 0 Å². The van der Waals surface area contributed by atoms with Crippen LogP contribution in [0, 0.1) is 0 Å². The topological polar surface area (TPSA) is 71.3 Å². The van der Waals surface area contributed by atoms with Crippen LogP contribution < -0.4 is 5.32 Å². The zero-order valence-corrected chi connectivity index (χ0v) is 7.43. The van der Waals surface area contributed by atoms with Crippen LogP contribution in [0.2, 0.25) is 0 Å². The van der Waals surface area contributed by atoms with E-state index in [1.54, 1.807) is 0 Å². The van der Waals surface area contributed by atoms with E-state index in [-0.39, 0.29) is 17.6 Å². The van der Waals surface area contributed by atoms with Gasteiger partial charge in [0.2, 0.25) is 0 Å². The highest BCUT2D eigenvalue weighted by Gasteiger charge is 2.23. The number of hydrogen-bond acceptors (Lipinski definition) is 2. The molecule has 74 valence electrons. The summed E-state index contributed by atoms with van der Waals surface area (Å²) in [7, 11) is 0. The van der Waals surface area contributed by atoms with Gasteiger partial charge in [0.1, 0.15) is 0 Å². The molecular weight excluding hydrogens is 184 g/mol. The molecule has 1 heterocycles. The highest BCUT2D eigenvalue weighted by Crippen LogP contribution is 2.18. The van der Waals surface area contributed by atoms with Crippen LogP contribution in [-0.4, -0.2) is 27.7 Å². The minimum Gasteiger partial charge on any atom is -0.478 e. The monoisotopic (exact) mass is 194 g/mol. The molecule has 0 bridgehead atoms. The largest absolute Gasteiger partial charge is 0.478 e. The number of carbonyl (C=O) groups excluding carboxylic acids is 1. The molecule has 0 spiro atoms. The van der Waals surface area contributed by atoms with Crippen LogP contribution in [0.1, 0.15) is 23.2 Å². The van der Waals surface area contributed by atoms with Gasteiger partial charge in [0.05, 0.1) is 5.56 Å². The Bertz CT molecular complexity index is 379. The van der Waals surface area contributed by atoms with E-state index < -0.39 is 5.97 Å². The number of aromatic carboxylic acids is 1. The quantitative estimate of drug-likeness (QED) is 0.734. The second kappa shape index (κ2) is 3.17. The van der Waals surface area contributed by atoms with E-state index in [9.17, 15) is 9.59 Å². The Morgan fingerprint density at radius 3 is 2.71 bits per heavy atom. The van der Waals surface area contributed by atoms with Crippen molar-refractivity contribution in [3.8, 4) is 0 Å². The molecule has 0 atom stereocenters. The number of carbonyl (C=O) groups is 2. The number of hydrogen-bond donors (Lipinski definition) is 2. The molecule has 1 aromatic rings. The Balaban J connectivity index is 2.07. The van der Waals surface area contributed by atoms with Gasteiger partial charge >= 0.3 is 12.0 Å². The van der Waals surface area contributed by atoms with Gasteiger partial charge in [-0.2, -0.15) is 0 Å². The molecule has 0 saturated heterocycles. The van der Waals surface area contributed by atoms with Gasteiger partial charge in [0.25, 0.3) is 0 Å². The minimum absolute atomic E-state index is 0.121. The maximum Gasteiger partial charge on any atom is 0.337 e. The molecule has 1 aliphatic rings. The zero-order valence-electron chi connectivity index (χ0n) is 7.43. The van der Waals surface area contributed by atoms with Crippen LogP contribution in [0.25, 0.3) is 0 Å². The fraction of sp³-hybridized carbons (Fsp3) is 0.333. The molecule has 1 aliphatic carbocycles. The average Bonchev–Trinajstić information content (AvgIpc) is 2.81. The predicted octanol–water partition coefficient (Wildman–Crippen LogP) is 0.906.